The van der Waals surface area contributed by atoms with Gasteiger partial charge in [0.25, 0.3) is 5.91 Å². The molecule has 10 nitrogen and oxygen atoms in total. The Kier molecular flexibility index (Phi) is 11.2. The van der Waals surface area contributed by atoms with Gasteiger partial charge in [0.1, 0.15) is 24.7 Å². The fraction of sp³-hybridized carbons (Fsp3) is 0.438. The SMILES string of the molecule is CCCCS(=O)NC1(C)COc2c1cc(C(O)(CNC(=O)c1ccc(OCC(C)O)c(OC)c1)C(F)(F)F)nc2-c1ccc(F)cc1. The number of aromatic nitrogens is 1. The lowest BCUT2D eigenvalue weighted by atomic mass is 9.89. The number of nitrogens with one attached hydrogen (secondary N) is 2. The number of halogens is 4. The van der Waals surface area contributed by atoms with Crippen molar-refractivity contribution < 1.29 is 51.0 Å². The van der Waals surface area contributed by atoms with E-state index < -0.39 is 58.4 Å². The highest BCUT2D eigenvalue weighted by Gasteiger charge is 2.57. The summed E-state index contributed by atoms with van der Waals surface area (Å²) < 4.78 is 90.5. The van der Waals surface area contributed by atoms with Crippen LogP contribution in [0.4, 0.5) is 17.6 Å². The smallest absolute Gasteiger partial charge is 0.424 e. The molecule has 4 unspecified atom stereocenters. The third-order valence-electron chi connectivity index (χ3n) is 7.52. The van der Waals surface area contributed by atoms with Crippen LogP contribution in [0.2, 0.25) is 0 Å². The Bertz CT molecular complexity index is 1610. The van der Waals surface area contributed by atoms with Gasteiger partial charge >= 0.3 is 6.18 Å². The summed E-state index contributed by atoms with van der Waals surface area (Å²) in [6.07, 6.45) is -4.71. The molecule has 4 N–H and O–H groups in total. The number of nitrogens with zero attached hydrogens (tertiary/aromatic N) is 1. The zero-order valence-corrected chi connectivity index (χ0v) is 27.1. The summed E-state index contributed by atoms with van der Waals surface area (Å²) in [4.78, 5) is 17.2. The fourth-order valence-corrected chi connectivity index (χ4v) is 6.17. The summed E-state index contributed by atoms with van der Waals surface area (Å²) >= 11 is 0. The molecule has 4 atom stereocenters. The lowest BCUT2D eigenvalue weighted by Crippen LogP contribution is -2.52. The standard InChI is InChI=1S/C32H37F4N3O7S/c1-5-6-13-47(43)39-30(3)18-46-28-23(30)15-26(38-27(28)20-7-10-22(33)11-8-20)31(42,32(34,35)36)17-37-29(41)21-9-12-24(25(14-21)44-4)45-16-19(2)40/h7-12,14-15,19,39-40,42H,5-6,13,16-18H2,1-4H3,(H,37,41). The molecule has 1 aromatic heterocycles. The van der Waals surface area contributed by atoms with Crippen LogP contribution < -0.4 is 24.2 Å². The van der Waals surface area contributed by atoms with E-state index in [0.717, 1.165) is 24.6 Å². The van der Waals surface area contributed by atoms with Crippen LogP contribution in [0.5, 0.6) is 17.2 Å². The molecular weight excluding hydrogens is 646 g/mol. The highest BCUT2D eigenvalue weighted by atomic mass is 32.2. The van der Waals surface area contributed by atoms with Gasteiger partial charge in [0.15, 0.2) is 17.2 Å². The van der Waals surface area contributed by atoms with E-state index in [-0.39, 0.29) is 52.8 Å². The van der Waals surface area contributed by atoms with E-state index in [1.54, 1.807) is 6.92 Å². The zero-order chi connectivity index (χ0) is 34.6. The van der Waals surface area contributed by atoms with Crippen LogP contribution in [0.1, 0.15) is 55.2 Å². The molecule has 4 rings (SSSR count). The van der Waals surface area contributed by atoms with Crippen LogP contribution >= 0.6 is 0 Å². The second kappa shape index (κ2) is 14.5. The molecule has 3 aromatic rings. The van der Waals surface area contributed by atoms with E-state index in [2.05, 4.69) is 15.0 Å². The third-order valence-corrected chi connectivity index (χ3v) is 8.85. The monoisotopic (exact) mass is 683 g/mol. The molecule has 1 aliphatic rings. The number of methoxy groups -OCH3 is 1. The second-order valence-corrected chi connectivity index (χ2v) is 12.7. The van der Waals surface area contributed by atoms with Gasteiger partial charge in [0.05, 0.1) is 42.0 Å². The van der Waals surface area contributed by atoms with Crippen molar-refractivity contribution >= 4 is 16.9 Å². The lowest BCUT2D eigenvalue weighted by Gasteiger charge is -2.32. The van der Waals surface area contributed by atoms with Gasteiger partial charge in [-0.15, -0.1) is 0 Å². The molecule has 47 heavy (non-hydrogen) atoms. The summed E-state index contributed by atoms with van der Waals surface area (Å²) in [6, 6.07) is 9.74. The van der Waals surface area contributed by atoms with Gasteiger partial charge in [-0.1, -0.05) is 13.3 Å². The number of hydrogen-bond donors (Lipinski definition) is 4. The first-order valence-corrected chi connectivity index (χ1v) is 16.1. The number of unbranched alkanes of at least 4 members (excludes halogenated alkanes) is 1. The number of alkyl halides is 3. The topological polar surface area (TPSA) is 139 Å². The average molecular weight is 684 g/mol. The lowest BCUT2D eigenvalue weighted by molar-refractivity contribution is -0.265. The third kappa shape index (κ3) is 8.03. The first-order valence-electron chi connectivity index (χ1n) is 14.8. The maximum absolute atomic E-state index is 14.8. The van der Waals surface area contributed by atoms with E-state index in [1.807, 2.05) is 6.92 Å². The summed E-state index contributed by atoms with van der Waals surface area (Å²) in [6.45, 7) is 3.53. The first kappa shape index (κ1) is 36.1. The van der Waals surface area contributed by atoms with E-state index in [1.165, 1.54) is 44.4 Å². The Morgan fingerprint density at radius 3 is 2.49 bits per heavy atom. The summed E-state index contributed by atoms with van der Waals surface area (Å²) in [7, 11) is -0.264. The van der Waals surface area contributed by atoms with E-state index in [0.29, 0.717) is 12.2 Å². The molecular formula is C32H37F4N3O7S. The quantitative estimate of drug-likeness (QED) is 0.182. The van der Waals surface area contributed by atoms with E-state index in [4.69, 9.17) is 14.2 Å². The van der Waals surface area contributed by atoms with Crippen LogP contribution in [-0.2, 0) is 22.1 Å². The highest BCUT2D eigenvalue weighted by molar-refractivity contribution is 7.83. The van der Waals surface area contributed by atoms with Crippen molar-refractivity contribution in [1.82, 2.24) is 15.0 Å². The normalized spacial score (nSPS) is 18.4. The largest absolute Gasteiger partial charge is 0.493 e. The van der Waals surface area contributed by atoms with Gasteiger partial charge in [-0.05, 0) is 68.8 Å². The molecule has 2 heterocycles. The van der Waals surface area contributed by atoms with Crippen LogP contribution in [0.25, 0.3) is 11.3 Å². The molecule has 0 aliphatic carbocycles. The molecule has 0 saturated heterocycles. The van der Waals surface area contributed by atoms with Crippen LogP contribution in [0, 0.1) is 5.82 Å². The van der Waals surface area contributed by atoms with Crippen LogP contribution in [0.15, 0.2) is 48.5 Å². The van der Waals surface area contributed by atoms with E-state index in [9.17, 15) is 36.8 Å². The van der Waals surface area contributed by atoms with Gasteiger partial charge in [0.2, 0.25) is 5.60 Å². The number of aliphatic hydroxyl groups is 2. The summed E-state index contributed by atoms with van der Waals surface area (Å²) in [5, 5.41) is 23.0. The van der Waals surface area contributed by atoms with Gasteiger partial charge in [-0.3, -0.25) is 4.79 Å². The fourth-order valence-electron chi connectivity index (χ4n) is 4.85. The minimum atomic E-state index is -5.34. The molecule has 256 valence electrons. The number of ether oxygens (including phenoxy) is 3. The van der Waals surface area contributed by atoms with Crippen molar-refractivity contribution in [2.24, 2.45) is 0 Å². The molecule has 0 fully saturated rings. The van der Waals surface area contributed by atoms with Gasteiger partial charge in [0, 0.05) is 22.4 Å². The van der Waals surface area contributed by atoms with Crippen molar-refractivity contribution in [3.8, 4) is 28.5 Å². The Labute approximate surface area is 272 Å². The van der Waals surface area contributed by atoms with Crippen molar-refractivity contribution in [3.63, 3.8) is 0 Å². The predicted octanol–water partition coefficient (Wildman–Crippen LogP) is 4.50. The maximum atomic E-state index is 14.8. The van der Waals surface area contributed by atoms with Crippen molar-refractivity contribution in [1.29, 1.82) is 0 Å². The van der Waals surface area contributed by atoms with Crippen molar-refractivity contribution in [3.05, 3.63) is 71.2 Å². The Balaban J connectivity index is 1.74. The molecule has 2 aromatic carbocycles. The summed E-state index contributed by atoms with van der Waals surface area (Å²) in [5.74, 6) is -0.885. The number of amides is 1. The van der Waals surface area contributed by atoms with E-state index >= 15 is 0 Å². The molecule has 0 bridgehead atoms. The van der Waals surface area contributed by atoms with Crippen molar-refractivity contribution in [2.75, 3.05) is 32.6 Å². The Hall–Kier alpha value is -3.79. The number of hydrogen-bond acceptors (Lipinski definition) is 8. The number of pyridine rings is 1. The molecule has 0 spiro atoms. The summed E-state index contributed by atoms with van der Waals surface area (Å²) in [5.41, 5.74) is -5.65. The number of benzene rings is 2. The number of carbonyl (C=O) groups excluding carboxylic acids is 1. The van der Waals surface area contributed by atoms with Crippen LogP contribution in [0.3, 0.4) is 0 Å². The maximum Gasteiger partial charge on any atom is 0.424 e. The number of fused-ring (bicyclic) bond motifs is 1. The molecule has 1 amide bonds. The highest BCUT2D eigenvalue weighted by Crippen LogP contribution is 2.47. The minimum absolute atomic E-state index is 0.0670. The first-order chi connectivity index (χ1) is 22.1. The van der Waals surface area contributed by atoms with Crippen molar-refractivity contribution in [2.45, 2.75) is 57.0 Å². The Morgan fingerprint density at radius 1 is 1.17 bits per heavy atom. The number of rotatable bonds is 14. The zero-order valence-electron chi connectivity index (χ0n) is 26.2. The predicted molar refractivity (Wildman–Crippen MR) is 166 cm³/mol. The molecule has 15 heteroatoms. The minimum Gasteiger partial charge on any atom is -0.493 e. The molecule has 0 saturated carbocycles. The average Bonchev–Trinajstić information content (AvgIpc) is 3.36. The number of aliphatic hydroxyl groups excluding tert-OH is 1. The number of carbonyl (C=O) groups is 1. The molecule has 0 radical (unpaired) electrons. The molecule has 1 aliphatic heterocycles. The van der Waals surface area contributed by atoms with Crippen LogP contribution in [-0.4, -0.2) is 70.2 Å². The van der Waals surface area contributed by atoms with Gasteiger partial charge < -0.3 is 29.7 Å². The Morgan fingerprint density at radius 2 is 1.87 bits per heavy atom. The van der Waals surface area contributed by atoms with Gasteiger partial charge in [-0.2, -0.15) is 13.2 Å². The van der Waals surface area contributed by atoms with Gasteiger partial charge in [-0.25, -0.2) is 18.3 Å². The second-order valence-electron chi connectivity index (χ2n) is 11.4.